The number of benzene rings is 3. The molecule has 1 amide bonds. The van der Waals surface area contributed by atoms with E-state index < -0.39 is 0 Å². The van der Waals surface area contributed by atoms with E-state index in [2.05, 4.69) is 5.32 Å². The van der Waals surface area contributed by atoms with Crippen LogP contribution < -0.4 is 14.8 Å². The summed E-state index contributed by atoms with van der Waals surface area (Å²) >= 11 is 6.13. The van der Waals surface area contributed by atoms with Gasteiger partial charge in [0.05, 0.1) is 13.2 Å². The number of methoxy groups -OCH3 is 1. The standard InChI is InChI=1S/C23H22ClNO3/c1-16(17-7-11-20(27-2)12-8-17)25-23(26)18-9-13-21(14-10-18)28-15-19-5-3-4-6-22(19)24/h3-14,16H,15H2,1-2H3,(H,25,26)/t16-/m0/s1. The molecule has 144 valence electrons. The number of ether oxygens (including phenoxy) is 2. The molecule has 0 aliphatic carbocycles. The molecule has 3 aromatic rings. The third-order valence-corrected chi connectivity index (χ3v) is 4.80. The van der Waals surface area contributed by atoms with Crippen molar-refractivity contribution in [1.82, 2.24) is 5.32 Å². The maximum atomic E-state index is 12.5. The van der Waals surface area contributed by atoms with Crippen LogP contribution in [0.5, 0.6) is 11.5 Å². The van der Waals surface area contributed by atoms with Gasteiger partial charge in [0.25, 0.3) is 5.91 Å². The quantitative estimate of drug-likeness (QED) is 0.581. The molecule has 5 heteroatoms. The van der Waals surface area contributed by atoms with Crippen LogP contribution in [0, 0.1) is 0 Å². The second kappa shape index (κ2) is 9.29. The summed E-state index contributed by atoms with van der Waals surface area (Å²) in [4.78, 5) is 12.5. The molecule has 0 unspecified atom stereocenters. The number of halogens is 1. The highest BCUT2D eigenvalue weighted by Crippen LogP contribution is 2.20. The number of hydrogen-bond acceptors (Lipinski definition) is 3. The number of amides is 1. The Morgan fingerprint density at radius 2 is 1.61 bits per heavy atom. The van der Waals surface area contributed by atoms with E-state index in [1.807, 2.05) is 55.5 Å². The molecular formula is C23H22ClNO3. The molecule has 0 aromatic heterocycles. The highest BCUT2D eigenvalue weighted by atomic mass is 35.5. The number of carbonyl (C=O) groups is 1. The zero-order chi connectivity index (χ0) is 19.9. The molecule has 0 radical (unpaired) electrons. The fraction of sp³-hybridized carbons (Fsp3) is 0.174. The minimum Gasteiger partial charge on any atom is -0.497 e. The smallest absolute Gasteiger partial charge is 0.251 e. The zero-order valence-electron chi connectivity index (χ0n) is 15.8. The molecule has 0 aliphatic heterocycles. The molecule has 0 saturated carbocycles. The van der Waals surface area contributed by atoms with E-state index in [0.717, 1.165) is 16.9 Å². The number of hydrogen-bond donors (Lipinski definition) is 1. The minimum absolute atomic E-state index is 0.116. The Morgan fingerprint density at radius 3 is 2.25 bits per heavy atom. The fourth-order valence-corrected chi connectivity index (χ4v) is 2.93. The number of nitrogens with one attached hydrogen (secondary N) is 1. The summed E-state index contributed by atoms with van der Waals surface area (Å²) in [6.45, 7) is 2.32. The van der Waals surface area contributed by atoms with E-state index in [0.29, 0.717) is 22.9 Å². The second-order valence-electron chi connectivity index (χ2n) is 6.37. The first-order chi connectivity index (χ1) is 13.6. The van der Waals surface area contributed by atoms with Gasteiger partial charge >= 0.3 is 0 Å². The molecule has 0 bridgehead atoms. The maximum absolute atomic E-state index is 12.5. The van der Waals surface area contributed by atoms with Gasteiger partial charge in [-0.05, 0) is 55.0 Å². The van der Waals surface area contributed by atoms with Gasteiger partial charge in [0.1, 0.15) is 18.1 Å². The van der Waals surface area contributed by atoms with Gasteiger partial charge in [-0.3, -0.25) is 4.79 Å². The third-order valence-electron chi connectivity index (χ3n) is 4.43. The van der Waals surface area contributed by atoms with Crippen molar-refractivity contribution in [3.63, 3.8) is 0 Å². The molecule has 28 heavy (non-hydrogen) atoms. The van der Waals surface area contributed by atoms with Gasteiger partial charge in [-0.15, -0.1) is 0 Å². The summed E-state index contributed by atoms with van der Waals surface area (Å²) in [6.07, 6.45) is 0. The number of carbonyl (C=O) groups excluding carboxylic acids is 1. The average Bonchev–Trinajstić information content (AvgIpc) is 2.73. The van der Waals surface area contributed by atoms with Gasteiger partial charge < -0.3 is 14.8 Å². The third kappa shape index (κ3) is 5.05. The average molecular weight is 396 g/mol. The van der Waals surface area contributed by atoms with Crippen LogP contribution >= 0.6 is 11.6 Å². The van der Waals surface area contributed by atoms with Crippen molar-refractivity contribution in [2.75, 3.05) is 7.11 Å². The normalized spacial score (nSPS) is 11.5. The predicted molar refractivity (Wildman–Crippen MR) is 111 cm³/mol. The van der Waals surface area contributed by atoms with Gasteiger partial charge in [-0.1, -0.05) is 41.9 Å². The lowest BCUT2D eigenvalue weighted by atomic mass is 10.1. The van der Waals surface area contributed by atoms with E-state index in [1.54, 1.807) is 31.4 Å². The molecule has 0 saturated heterocycles. The van der Waals surface area contributed by atoms with Crippen molar-refractivity contribution in [1.29, 1.82) is 0 Å². The Kier molecular flexibility index (Phi) is 6.56. The first kappa shape index (κ1) is 19.8. The van der Waals surface area contributed by atoms with Crippen LogP contribution in [0.4, 0.5) is 0 Å². The number of rotatable bonds is 7. The van der Waals surface area contributed by atoms with Crippen molar-refractivity contribution < 1.29 is 14.3 Å². The Hall–Kier alpha value is -2.98. The Labute approximate surface area is 170 Å². The van der Waals surface area contributed by atoms with Crippen molar-refractivity contribution in [3.05, 3.63) is 94.5 Å². The van der Waals surface area contributed by atoms with E-state index >= 15 is 0 Å². The minimum atomic E-state index is -0.138. The monoisotopic (exact) mass is 395 g/mol. The van der Waals surface area contributed by atoms with Crippen LogP contribution in [-0.4, -0.2) is 13.0 Å². The summed E-state index contributed by atoms with van der Waals surface area (Å²) in [5, 5.41) is 3.67. The first-order valence-electron chi connectivity index (χ1n) is 8.98. The first-order valence-corrected chi connectivity index (χ1v) is 9.35. The van der Waals surface area contributed by atoms with Gasteiger partial charge in [0.2, 0.25) is 0 Å². The topological polar surface area (TPSA) is 47.6 Å². The zero-order valence-corrected chi connectivity index (χ0v) is 16.6. The summed E-state index contributed by atoms with van der Waals surface area (Å²) in [7, 11) is 1.63. The van der Waals surface area contributed by atoms with Crippen LogP contribution in [-0.2, 0) is 6.61 Å². The predicted octanol–water partition coefficient (Wildman–Crippen LogP) is 5.42. The summed E-state index contributed by atoms with van der Waals surface area (Å²) in [5.41, 5.74) is 2.50. The van der Waals surface area contributed by atoms with Gasteiger partial charge in [0, 0.05) is 16.1 Å². The molecule has 0 aliphatic rings. The largest absolute Gasteiger partial charge is 0.497 e. The highest BCUT2D eigenvalue weighted by molar-refractivity contribution is 6.31. The molecule has 0 fully saturated rings. The van der Waals surface area contributed by atoms with Crippen LogP contribution in [0.3, 0.4) is 0 Å². The fourth-order valence-electron chi connectivity index (χ4n) is 2.73. The van der Waals surface area contributed by atoms with Crippen LogP contribution in [0.1, 0.15) is 34.5 Å². The van der Waals surface area contributed by atoms with Gasteiger partial charge in [-0.25, -0.2) is 0 Å². The molecule has 0 spiro atoms. The maximum Gasteiger partial charge on any atom is 0.251 e. The van der Waals surface area contributed by atoms with Gasteiger partial charge in [0.15, 0.2) is 0 Å². The van der Waals surface area contributed by atoms with Crippen molar-refractivity contribution in [2.45, 2.75) is 19.6 Å². The van der Waals surface area contributed by atoms with Crippen LogP contribution in [0.25, 0.3) is 0 Å². The van der Waals surface area contributed by atoms with Gasteiger partial charge in [-0.2, -0.15) is 0 Å². The molecule has 3 rings (SSSR count). The summed E-state index contributed by atoms with van der Waals surface area (Å²) < 4.78 is 10.9. The Balaban J connectivity index is 1.57. The van der Waals surface area contributed by atoms with Crippen molar-refractivity contribution >= 4 is 17.5 Å². The Morgan fingerprint density at radius 1 is 0.964 bits per heavy atom. The van der Waals surface area contributed by atoms with Crippen LogP contribution in [0.2, 0.25) is 5.02 Å². The molecular weight excluding hydrogens is 374 g/mol. The SMILES string of the molecule is COc1ccc([C@H](C)NC(=O)c2ccc(OCc3ccccc3Cl)cc2)cc1. The van der Waals surface area contributed by atoms with Crippen LogP contribution in [0.15, 0.2) is 72.8 Å². The molecule has 1 N–H and O–H groups in total. The lowest BCUT2D eigenvalue weighted by Crippen LogP contribution is -2.26. The van der Waals surface area contributed by atoms with Crippen molar-refractivity contribution in [2.24, 2.45) is 0 Å². The molecule has 1 atom stereocenters. The molecule has 4 nitrogen and oxygen atoms in total. The second-order valence-corrected chi connectivity index (χ2v) is 6.78. The Bertz CT molecular complexity index is 923. The van der Waals surface area contributed by atoms with E-state index in [1.165, 1.54) is 0 Å². The summed E-state index contributed by atoms with van der Waals surface area (Å²) in [6, 6.07) is 22.1. The lowest BCUT2D eigenvalue weighted by Gasteiger charge is -2.15. The van der Waals surface area contributed by atoms with E-state index in [4.69, 9.17) is 21.1 Å². The van der Waals surface area contributed by atoms with E-state index in [-0.39, 0.29) is 11.9 Å². The highest BCUT2D eigenvalue weighted by Gasteiger charge is 2.12. The molecule has 3 aromatic carbocycles. The van der Waals surface area contributed by atoms with Crippen molar-refractivity contribution in [3.8, 4) is 11.5 Å². The van der Waals surface area contributed by atoms with E-state index in [9.17, 15) is 4.79 Å². The summed E-state index contributed by atoms with van der Waals surface area (Å²) in [5.74, 6) is 1.33. The lowest BCUT2D eigenvalue weighted by molar-refractivity contribution is 0.0940. The molecule has 0 heterocycles.